The normalized spacial score (nSPS) is 45.1. The van der Waals surface area contributed by atoms with Crippen molar-refractivity contribution in [2.75, 3.05) is 20.3 Å². The number of unbranched alkanes of at least 4 members (excludes halogenated alkanes) is 1. The van der Waals surface area contributed by atoms with E-state index in [0.717, 1.165) is 56.1 Å². The van der Waals surface area contributed by atoms with Crippen molar-refractivity contribution in [1.82, 2.24) is 0 Å². The number of hydrogen-bond acceptors (Lipinski definition) is 19. The zero-order chi connectivity index (χ0) is 57.2. The Labute approximate surface area is 475 Å². The van der Waals surface area contributed by atoms with Gasteiger partial charge in [-0.05, 0) is 106 Å². The van der Waals surface area contributed by atoms with Crippen LogP contribution in [-0.4, -0.2) is 198 Å². The molecule has 27 atom stereocenters. The third kappa shape index (κ3) is 14.4. The van der Waals surface area contributed by atoms with E-state index in [4.69, 9.17) is 61.9 Å². The van der Waals surface area contributed by atoms with Crippen LogP contribution in [0, 0.1) is 23.7 Å². The monoisotopic (exact) mass is 1140 g/mol. The fraction of sp³-hybridized carbons (Fsp3) is 0.918. The van der Waals surface area contributed by atoms with Crippen LogP contribution in [0.3, 0.4) is 0 Å². The lowest BCUT2D eigenvalue weighted by Gasteiger charge is -2.49. The Bertz CT molecular complexity index is 2010. The largest absolute Gasteiger partial charge is 0.459 e. The summed E-state index contributed by atoms with van der Waals surface area (Å²) in [4.78, 5) is 26.2. The molecule has 9 rings (SSSR count). The highest BCUT2D eigenvalue weighted by Crippen LogP contribution is 2.46. The predicted octanol–water partition coefficient (Wildman–Crippen LogP) is 6.27. The van der Waals surface area contributed by atoms with E-state index in [0.29, 0.717) is 70.3 Å². The molecule has 0 amide bonds. The Morgan fingerprint density at radius 3 is 2.26 bits per heavy atom. The van der Waals surface area contributed by atoms with Crippen LogP contribution in [0.1, 0.15) is 164 Å². The van der Waals surface area contributed by atoms with Gasteiger partial charge in [-0.3, -0.25) is 4.79 Å². The summed E-state index contributed by atoms with van der Waals surface area (Å²) in [6, 6.07) is 0. The van der Waals surface area contributed by atoms with Crippen LogP contribution in [0.4, 0.5) is 0 Å². The third-order valence-electron chi connectivity index (χ3n) is 19.7. The first kappa shape index (κ1) is 62.8. The van der Waals surface area contributed by atoms with Crippen LogP contribution in [0.25, 0.3) is 0 Å². The molecule has 9 aliphatic rings. The topological polar surface area (TPSA) is 238 Å². The molecule has 0 spiro atoms. The van der Waals surface area contributed by atoms with Crippen LogP contribution in [-0.2, 0) is 66.7 Å². The van der Waals surface area contributed by atoms with E-state index in [1.807, 2.05) is 27.7 Å². The van der Waals surface area contributed by atoms with E-state index in [-0.39, 0.29) is 104 Å². The first-order chi connectivity index (χ1) is 38.3. The van der Waals surface area contributed by atoms with Gasteiger partial charge in [-0.1, -0.05) is 61.1 Å². The van der Waals surface area contributed by atoms with Crippen LogP contribution in [0.15, 0.2) is 24.3 Å². The molecule has 19 nitrogen and oxygen atoms in total. The number of methoxy groups -OCH3 is 1. The maximum absolute atomic E-state index is 13.8. The minimum absolute atomic E-state index is 0.0242. The van der Waals surface area contributed by atoms with Crippen molar-refractivity contribution in [1.29, 1.82) is 0 Å². The van der Waals surface area contributed by atoms with Gasteiger partial charge in [-0.2, -0.15) is 0 Å². The molecule has 5 N–H and O–H groups in total. The summed E-state index contributed by atoms with van der Waals surface area (Å²) in [5.74, 6) is -2.08. The third-order valence-corrected chi connectivity index (χ3v) is 19.7. The van der Waals surface area contributed by atoms with Crippen molar-refractivity contribution in [3.05, 3.63) is 24.3 Å². The first-order valence-electron chi connectivity index (χ1n) is 30.9. The quantitative estimate of drug-likeness (QED) is 0.0179. The number of carbonyl (C=O) groups excluding carboxylic acids is 1. The Balaban J connectivity index is 0.721. The van der Waals surface area contributed by atoms with Crippen LogP contribution in [0.5, 0.6) is 0 Å². The van der Waals surface area contributed by atoms with Crippen molar-refractivity contribution in [3.63, 3.8) is 0 Å². The molecular formula is C61H100O19. The van der Waals surface area contributed by atoms with Gasteiger partial charge in [0, 0.05) is 51.7 Å². The molecule has 19 heteroatoms. The van der Waals surface area contributed by atoms with Crippen LogP contribution < -0.4 is 0 Å². The van der Waals surface area contributed by atoms with Crippen molar-refractivity contribution in [3.8, 4) is 0 Å². The van der Waals surface area contributed by atoms with Crippen LogP contribution in [0.2, 0.25) is 0 Å². The summed E-state index contributed by atoms with van der Waals surface area (Å²) in [6.07, 6.45) is -0.0247. The van der Waals surface area contributed by atoms with Crippen molar-refractivity contribution in [2.45, 2.75) is 310 Å². The van der Waals surface area contributed by atoms with Crippen LogP contribution >= 0.6 is 0 Å². The Morgan fingerprint density at radius 1 is 0.750 bits per heavy atom. The maximum atomic E-state index is 13.8. The second kappa shape index (κ2) is 27.8. The summed E-state index contributed by atoms with van der Waals surface area (Å²) in [5, 5.41) is 55.7. The fourth-order valence-corrected chi connectivity index (χ4v) is 14.6. The number of esters is 1. The van der Waals surface area contributed by atoms with Gasteiger partial charge in [0.05, 0.1) is 117 Å². The Hall–Kier alpha value is -1.73. The molecule has 0 bridgehead atoms. The van der Waals surface area contributed by atoms with Gasteiger partial charge in [-0.15, -0.1) is 0 Å². The average Bonchev–Trinajstić information content (AvgIpc) is 4.25. The highest BCUT2D eigenvalue weighted by Gasteiger charge is 2.61. The second-order valence-corrected chi connectivity index (χ2v) is 25.9. The summed E-state index contributed by atoms with van der Waals surface area (Å²) < 4.78 is 69.9. The Morgan fingerprint density at radius 2 is 1.52 bits per heavy atom. The van der Waals surface area contributed by atoms with Gasteiger partial charge in [-0.25, -0.2) is 9.78 Å². The van der Waals surface area contributed by atoms with Crippen molar-refractivity contribution >= 4 is 5.97 Å². The molecule has 458 valence electrons. The standard InChI is InChI=1S/C61H100O19/c1-11-32(4)54(65)49(79-80-51-24-39(14-12-13-21-62)73-55(51)31(2)3)26-42-25-47-48(72-42)29-50-57(76-47)36(8)56(37(9)70-50)78-53(64)27-41-16-19-45-58(74-41)43(63)28-52(75-45)60-61(67,68-10)59(66)46(77-60)20-17-40-23-34(6)44(71-40)18-15-38-22-33(5)35(7)30-69-38/h31-33,36-52,54-60,62-63,65-67H,6-7,11-30H2,1-5,8-10H3/t32-,33+,36+,37-,38-,39+,40?,41?,42?,43?,44-,45?,46?,47+,48+,49?,50-,51?,52?,54?,55?,56?,57-,58+,59?,60?,61+/m0/s1. The lowest BCUT2D eigenvalue weighted by Crippen LogP contribution is -2.61. The second-order valence-electron chi connectivity index (χ2n) is 25.9. The summed E-state index contributed by atoms with van der Waals surface area (Å²) >= 11 is 0. The van der Waals surface area contributed by atoms with E-state index >= 15 is 0 Å². The van der Waals surface area contributed by atoms with Gasteiger partial charge < -0.3 is 77.6 Å². The Kier molecular flexibility index (Phi) is 21.8. The summed E-state index contributed by atoms with van der Waals surface area (Å²) in [5.41, 5.74) is 2.19. The molecule has 0 aliphatic carbocycles. The van der Waals surface area contributed by atoms with E-state index < -0.39 is 85.0 Å². The molecule has 0 aromatic rings. The zero-order valence-corrected chi connectivity index (χ0v) is 49.1. The minimum Gasteiger partial charge on any atom is -0.459 e. The summed E-state index contributed by atoms with van der Waals surface area (Å²) in [7, 11) is 1.33. The van der Waals surface area contributed by atoms with E-state index in [9.17, 15) is 30.3 Å². The van der Waals surface area contributed by atoms with Gasteiger partial charge in [0.1, 0.15) is 36.6 Å². The highest BCUT2D eigenvalue weighted by atomic mass is 17.2. The lowest BCUT2D eigenvalue weighted by molar-refractivity contribution is -0.373. The smallest absolute Gasteiger partial charge is 0.308 e. The molecular weight excluding hydrogens is 1040 g/mol. The fourth-order valence-electron chi connectivity index (χ4n) is 14.6. The molecule has 0 saturated carbocycles. The number of ether oxygens (including phenoxy) is 11. The van der Waals surface area contributed by atoms with Gasteiger partial charge >= 0.3 is 5.97 Å². The van der Waals surface area contributed by atoms with Gasteiger partial charge in [0.25, 0.3) is 0 Å². The lowest BCUT2D eigenvalue weighted by atomic mass is 9.83. The molecule has 80 heavy (non-hydrogen) atoms. The molecule has 0 aromatic carbocycles. The van der Waals surface area contributed by atoms with E-state index in [2.05, 4.69) is 33.9 Å². The van der Waals surface area contributed by atoms with Crippen molar-refractivity contribution in [2.24, 2.45) is 23.7 Å². The SMILES string of the molecule is C=C1CO[C@@H](CC[C@@H]2OC(CCC3OC(C4CC(O)[C@H]5OC(CC(=O)OC6[C@H](C)O[C@H]7C[C@H]8OC(CC(OOC9C[C@@H](CCCCO)OC9C(C)C)C(O)[C@@H](C)CC)C[C@H]8O[C@H]7[C@@H]6C)CCC5O4)[C@](O)(OC)C3O)CC2=C)C[C@H]1C. The minimum atomic E-state index is -2.08. The molecule has 14 unspecified atom stereocenters. The number of aliphatic hydroxyl groups is 5. The molecule has 9 aliphatic heterocycles. The van der Waals surface area contributed by atoms with Gasteiger partial charge in [0.15, 0.2) is 0 Å². The molecule has 0 aromatic heterocycles. The number of aliphatic hydroxyl groups excluding tert-OH is 4. The molecule has 9 heterocycles. The predicted molar refractivity (Wildman–Crippen MR) is 291 cm³/mol. The number of fused-ring (bicyclic) bond motifs is 3. The van der Waals surface area contributed by atoms with E-state index in [1.54, 1.807) is 0 Å². The average molecular weight is 1140 g/mol. The first-order valence-corrected chi connectivity index (χ1v) is 30.9. The number of carbonyl (C=O) groups is 1. The maximum Gasteiger partial charge on any atom is 0.308 e. The number of rotatable bonds is 24. The molecule has 9 saturated heterocycles. The molecule has 9 fully saturated rings. The highest BCUT2D eigenvalue weighted by molar-refractivity contribution is 5.70. The van der Waals surface area contributed by atoms with Crippen molar-refractivity contribution < 1.29 is 92.2 Å². The van der Waals surface area contributed by atoms with E-state index in [1.165, 1.54) is 7.11 Å². The molecule has 0 radical (unpaired) electrons. The van der Waals surface area contributed by atoms with Gasteiger partial charge in [0.2, 0.25) is 5.79 Å². The number of hydrogen-bond donors (Lipinski definition) is 5. The summed E-state index contributed by atoms with van der Waals surface area (Å²) in [6.45, 7) is 23.6. The zero-order valence-electron chi connectivity index (χ0n) is 49.1.